The van der Waals surface area contributed by atoms with Gasteiger partial charge in [0.1, 0.15) is 0 Å². The van der Waals surface area contributed by atoms with Gasteiger partial charge in [0, 0.05) is 18.8 Å². The van der Waals surface area contributed by atoms with Crippen LogP contribution in [0, 0.1) is 5.92 Å². The second-order valence-corrected chi connectivity index (χ2v) is 9.41. The lowest BCUT2D eigenvalue weighted by Gasteiger charge is -2.30. The Morgan fingerprint density at radius 2 is 1.85 bits per heavy atom. The summed E-state index contributed by atoms with van der Waals surface area (Å²) in [5.41, 5.74) is 0.727. The molecule has 0 spiro atoms. The van der Waals surface area contributed by atoms with E-state index in [-0.39, 0.29) is 15.5 Å². The highest BCUT2D eigenvalue weighted by molar-refractivity contribution is 7.89. The van der Waals surface area contributed by atoms with Crippen LogP contribution in [0.4, 0.5) is 5.69 Å². The van der Waals surface area contributed by atoms with Gasteiger partial charge in [0.2, 0.25) is 10.0 Å². The quantitative estimate of drug-likeness (QED) is 0.772. The third-order valence-electron chi connectivity index (χ3n) is 4.57. The van der Waals surface area contributed by atoms with E-state index < -0.39 is 15.9 Å². The van der Waals surface area contributed by atoms with Crippen molar-refractivity contribution >= 4 is 44.8 Å². The minimum Gasteiger partial charge on any atom is -0.322 e. The van der Waals surface area contributed by atoms with E-state index in [4.69, 9.17) is 23.2 Å². The molecule has 0 saturated carbocycles. The zero-order chi connectivity index (χ0) is 19.6. The largest absolute Gasteiger partial charge is 0.322 e. The van der Waals surface area contributed by atoms with E-state index in [0.717, 1.165) is 12.8 Å². The van der Waals surface area contributed by atoms with Crippen molar-refractivity contribution in [1.82, 2.24) is 4.31 Å². The van der Waals surface area contributed by atoms with Crippen LogP contribution in [0.15, 0.2) is 47.4 Å². The van der Waals surface area contributed by atoms with E-state index in [1.807, 2.05) is 0 Å². The molecule has 1 aliphatic rings. The molecule has 0 aromatic heterocycles. The van der Waals surface area contributed by atoms with Crippen LogP contribution >= 0.6 is 23.2 Å². The second-order valence-electron chi connectivity index (χ2n) is 6.69. The topological polar surface area (TPSA) is 66.5 Å². The van der Waals surface area contributed by atoms with E-state index in [1.165, 1.54) is 16.4 Å². The molecule has 3 rings (SSSR count). The summed E-state index contributed by atoms with van der Waals surface area (Å²) in [4.78, 5) is 12.6. The SMILES string of the molecule is CC1CCCN(S(=O)(=O)c2ccc(NC(=O)c3cccc(Cl)c3Cl)cc2)C1. The molecule has 2 aromatic carbocycles. The molecule has 144 valence electrons. The molecular weight excluding hydrogens is 407 g/mol. The van der Waals surface area contributed by atoms with Crippen LogP contribution in [0.2, 0.25) is 10.0 Å². The smallest absolute Gasteiger partial charge is 0.257 e. The van der Waals surface area contributed by atoms with Gasteiger partial charge in [-0.15, -0.1) is 0 Å². The number of benzene rings is 2. The molecule has 1 unspecified atom stereocenters. The Kier molecular flexibility index (Phi) is 6.11. The minimum atomic E-state index is -3.52. The fourth-order valence-corrected chi connectivity index (χ4v) is 5.09. The average molecular weight is 427 g/mol. The van der Waals surface area contributed by atoms with E-state index in [2.05, 4.69) is 12.2 Å². The monoisotopic (exact) mass is 426 g/mol. The lowest BCUT2D eigenvalue weighted by Crippen LogP contribution is -2.39. The number of sulfonamides is 1. The minimum absolute atomic E-state index is 0.176. The van der Waals surface area contributed by atoms with E-state index in [1.54, 1.807) is 30.3 Å². The number of piperidine rings is 1. The molecule has 5 nitrogen and oxygen atoms in total. The van der Waals surface area contributed by atoms with Crippen molar-refractivity contribution in [3.8, 4) is 0 Å². The Morgan fingerprint density at radius 3 is 2.52 bits per heavy atom. The number of nitrogens with zero attached hydrogens (tertiary/aromatic N) is 1. The van der Waals surface area contributed by atoms with Gasteiger partial charge in [-0.2, -0.15) is 4.31 Å². The molecule has 1 aliphatic heterocycles. The Balaban J connectivity index is 1.75. The first kappa shape index (κ1) is 20.1. The van der Waals surface area contributed by atoms with Crippen molar-refractivity contribution in [2.24, 2.45) is 5.92 Å². The predicted octanol–water partition coefficient (Wildman–Crippen LogP) is 4.67. The summed E-state index contributed by atoms with van der Waals surface area (Å²) in [5, 5.41) is 3.17. The van der Waals surface area contributed by atoms with Gasteiger partial charge in [-0.25, -0.2) is 8.42 Å². The first-order chi connectivity index (χ1) is 12.8. The number of hydrogen-bond acceptors (Lipinski definition) is 3. The molecular formula is C19H20Cl2N2O3S. The van der Waals surface area contributed by atoms with Crippen molar-refractivity contribution in [3.05, 3.63) is 58.1 Å². The molecule has 8 heteroatoms. The Bertz CT molecular complexity index is 946. The lowest BCUT2D eigenvalue weighted by atomic mass is 10.0. The molecule has 1 heterocycles. The van der Waals surface area contributed by atoms with Gasteiger partial charge in [0.05, 0.1) is 20.5 Å². The number of halogens is 2. The van der Waals surface area contributed by atoms with Crippen molar-refractivity contribution in [1.29, 1.82) is 0 Å². The van der Waals surface area contributed by atoms with Crippen LogP contribution in [-0.2, 0) is 10.0 Å². The van der Waals surface area contributed by atoms with E-state index >= 15 is 0 Å². The zero-order valence-electron chi connectivity index (χ0n) is 14.8. The van der Waals surface area contributed by atoms with E-state index in [9.17, 15) is 13.2 Å². The molecule has 1 saturated heterocycles. The molecule has 1 amide bonds. The molecule has 0 radical (unpaired) electrons. The van der Waals surface area contributed by atoms with Gasteiger partial charge in [0.15, 0.2) is 0 Å². The Morgan fingerprint density at radius 1 is 1.15 bits per heavy atom. The van der Waals surface area contributed by atoms with Gasteiger partial charge < -0.3 is 5.32 Å². The number of carbonyl (C=O) groups is 1. The summed E-state index contributed by atoms with van der Waals surface area (Å²) in [5.74, 6) is -0.0579. The van der Waals surface area contributed by atoms with Gasteiger partial charge >= 0.3 is 0 Å². The van der Waals surface area contributed by atoms with Gasteiger partial charge in [-0.3, -0.25) is 4.79 Å². The van der Waals surface area contributed by atoms with E-state index in [0.29, 0.717) is 29.7 Å². The number of hydrogen-bond donors (Lipinski definition) is 1. The molecule has 1 N–H and O–H groups in total. The van der Waals surface area contributed by atoms with Crippen molar-refractivity contribution in [3.63, 3.8) is 0 Å². The zero-order valence-corrected chi connectivity index (χ0v) is 17.1. The van der Waals surface area contributed by atoms with Crippen LogP contribution in [-0.4, -0.2) is 31.7 Å². The maximum atomic E-state index is 12.8. The summed E-state index contributed by atoms with van der Waals surface area (Å²) >= 11 is 12.0. The first-order valence-corrected chi connectivity index (χ1v) is 10.8. The van der Waals surface area contributed by atoms with Gasteiger partial charge in [0.25, 0.3) is 5.91 Å². The third-order valence-corrected chi connectivity index (χ3v) is 7.26. The summed E-state index contributed by atoms with van der Waals surface area (Å²) in [6, 6.07) is 10.9. The fraction of sp³-hybridized carbons (Fsp3) is 0.316. The van der Waals surface area contributed by atoms with Crippen LogP contribution in [0.25, 0.3) is 0 Å². The van der Waals surface area contributed by atoms with Crippen LogP contribution in [0.3, 0.4) is 0 Å². The number of anilines is 1. The Hall–Kier alpha value is -1.60. The maximum absolute atomic E-state index is 12.8. The molecule has 2 aromatic rings. The Labute approximate surface area is 169 Å². The second kappa shape index (κ2) is 8.19. The highest BCUT2D eigenvalue weighted by Crippen LogP contribution is 2.27. The molecule has 1 fully saturated rings. The van der Waals surface area contributed by atoms with Crippen LogP contribution in [0.1, 0.15) is 30.1 Å². The summed E-state index contributed by atoms with van der Waals surface area (Å²) < 4.78 is 27.1. The third kappa shape index (κ3) is 4.46. The highest BCUT2D eigenvalue weighted by Gasteiger charge is 2.28. The number of carbonyl (C=O) groups excluding carboxylic acids is 1. The normalized spacial score (nSPS) is 18.3. The predicted molar refractivity (Wildman–Crippen MR) is 108 cm³/mol. The molecule has 1 atom stereocenters. The van der Waals surface area contributed by atoms with Crippen LogP contribution in [0.5, 0.6) is 0 Å². The number of nitrogens with one attached hydrogen (secondary N) is 1. The standard InChI is InChI=1S/C19H20Cl2N2O3S/c1-13-4-3-11-23(12-13)27(25,26)15-9-7-14(8-10-15)22-19(24)16-5-2-6-17(20)18(16)21/h2,5-10,13H,3-4,11-12H2,1H3,(H,22,24). The lowest BCUT2D eigenvalue weighted by molar-refractivity contribution is 0.102. The molecule has 0 aliphatic carbocycles. The number of rotatable bonds is 4. The first-order valence-electron chi connectivity index (χ1n) is 8.64. The summed E-state index contributed by atoms with van der Waals surface area (Å²) in [6.07, 6.45) is 1.91. The maximum Gasteiger partial charge on any atom is 0.257 e. The highest BCUT2D eigenvalue weighted by atomic mass is 35.5. The van der Waals surface area contributed by atoms with Crippen molar-refractivity contribution in [2.45, 2.75) is 24.7 Å². The van der Waals surface area contributed by atoms with Gasteiger partial charge in [-0.1, -0.05) is 36.2 Å². The molecule has 0 bridgehead atoms. The van der Waals surface area contributed by atoms with Gasteiger partial charge in [-0.05, 0) is 55.2 Å². The molecule has 27 heavy (non-hydrogen) atoms. The summed E-state index contributed by atoms with van der Waals surface area (Å²) in [7, 11) is -3.52. The van der Waals surface area contributed by atoms with Crippen molar-refractivity contribution in [2.75, 3.05) is 18.4 Å². The van der Waals surface area contributed by atoms with Crippen LogP contribution < -0.4 is 5.32 Å². The fourth-order valence-electron chi connectivity index (χ4n) is 3.10. The summed E-state index contributed by atoms with van der Waals surface area (Å²) in [6.45, 7) is 3.13. The van der Waals surface area contributed by atoms with Crippen molar-refractivity contribution < 1.29 is 13.2 Å². The average Bonchev–Trinajstić information content (AvgIpc) is 2.64. The number of amides is 1.